The van der Waals surface area contributed by atoms with E-state index in [1.165, 1.54) is 0 Å². The van der Waals surface area contributed by atoms with Gasteiger partial charge in [0, 0.05) is 18.7 Å². The molecule has 19 heavy (non-hydrogen) atoms. The minimum Gasteiger partial charge on any atom is -0.388 e. The Bertz CT molecular complexity index is 466. The molecule has 3 heteroatoms. The Hall–Kier alpha value is -1.35. The maximum absolute atomic E-state index is 12.4. The molecule has 0 aromatic heterocycles. The molecule has 1 N–H and O–H groups in total. The zero-order valence-corrected chi connectivity index (χ0v) is 12.0. The van der Waals surface area contributed by atoms with Crippen molar-refractivity contribution in [1.82, 2.24) is 4.90 Å². The first kappa shape index (κ1) is 14.1. The van der Waals surface area contributed by atoms with Gasteiger partial charge >= 0.3 is 0 Å². The number of β-amino-alcohol motifs (C(OH)–C–C–N with tert-alkyl or cyclic N) is 1. The number of amides is 1. The van der Waals surface area contributed by atoms with Crippen molar-refractivity contribution in [3.63, 3.8) is 0 Å². The Morgan fingerprint density at radius 1 is 1.37 bits per heavy atom. The highest BCUT2D eigenvalue weighted by atomic mass is 16.3. The second-order valence-electron chi connectivity index (χ2n) is 6.23. The standard InChI is InChI=1S/C16H23NO2/c1-12(2)10-16(3,19)11-17-9-8-13-6-4-5-7-14(13)15(17)18/h4-7,12,19H,8-11H2,1-3H3. The van der Waals surface area contributed by atoms with Gasteiger partial charge in [-0.1, -0.05) is 32.0 Å². The molecule has 0 bridgehead atoms. The van der Waals surface area contributed by atoms with Gasteiger partial charge in [0.05, 0.1) is 5.60 Å². The van der Waals surface area contributed by atoms with Crippen LogP contribution in [0.5, 0.6) is 0 Å². The average Bonchev–Trinajstić information content (AvgIpc) is 2.31. The lowest BCUT2D eigenvalue weighted by atomic mass is 9.92. The second-order valence-corrected chi connectivity index (χ2v) is 6.23. The summed E-state index contributed by atoms with van der Waals surface area (Å²) in [5.74, 6) is 0.466. The summed E-state index contributed by atoms with van der Waals surface area (Å²) in [5, 5.41) is 10.4. The average molecular weight is 261 g/mol. The summed E-state index contributed by atoms with van der Waals surface area (Å²) in [6.45, 7) is 7.10. The quantitative estimate of drug-likeness (QED) is 0.904. The summed E-state index contributed by atoms with van der Waals surface area (Å²) in [6.07, 6.45) is 1.58. The molecule has 1 amide bonds. The van der Waals surface area contributed by atoms with Crippen LogP contribution in [0, 0.1) is 5.92 Å². The number of rotatable bonds is 4. The lowest BCUT2D eigenvalue weighted by Gasteiger charge is -2.35. The summed E-state index contributed by atoms with van der Waals surface area (Å²) >= 11 is 0. The fourth-order valence-corrected chi connectivity index (χ4v) is 2.98. The van der Waals surface area contributed by atoms with Crippen molar-refractivity contribution in [2.75, 3.05) is 13.1 Å². The van der Waals surface area contributed by atoms with Crippen molar-refractivity contribution in [1.29, 1.82) is 0 Å². The Kier molecular flexibility index (Phi) is 3.95. The van der Waals surface area contributed by atoms with Crippen molar-refractivity contribution >= 4 is 5.91 Å². The van der Waals surface area contributed by atoms with Crippen LogP contribution in [0.15, 0.2) is 24.3 Å². The van der Waals surface area contributed by atoms with Crippen LogP contribution in [-0.4, -0.2) is 34.6 Å². The molecular weight excluding hydrogens is 238 g/mol. The number of carbonyl (C=O) groups is 1. The van der Waals surface area contributed by atoms with E-state index < -0.39 is 5.60 Å². The van der Waals surface area contributed by atoms with Crippen LogP contribution in [0.1, 0.15) is 43.1 Å². The number of aliphatic hydroxyl groups is 1. The van der Waals surface area contributed by atoms with Crippen LogP contribution in [0.4, 0.5) is 0 Å². The monoisotopic (exact) mass is 261 g/mol. The van der Waals surface area contributed by atoms with Crippen LogP contribution in [0.25, 0.3) is 0 Å². The molecular formula is C16H23NO2. The molecule has 0 fully saturated rings. The van der Waals surface area contributed by atoms with Gasteiger partial charge < -0.3 is 10.0 Å². The molecule has 104 valence electrons. The smallest absolute Gasteiger partial charge is 0.254 e. The van der Waals surface area contributed by atoms with Crippen LogP contribution >= 0.6 is 0 Å². The van der Waals surface area contributed by atoms with Crippen LogP contribution in [0.2, 0.25) is 0 Å². The molecule has 3 nitrogen and oxygen atoms in total. The van der Waals surface area contributed by atoms with Gasteiger partial charge in [0.1, 0.15) is 0 Å². The zero-order chi connectivity index (χ0) is 14.0. The van der Waals surface area contributed by atoms with E-state index >= 15 is 0 Å². The van der Waals surface area contributed by atoms with Gasteiger partial charge in [0.15, 0.2) is 0 Å². The number of hydrogen-bond donors (Lipinski definition) is 1. The third kappa shape index (κ3) is 3.35. The minimum absolute atomic E-state index is 0.0471. The summed E-state index contributed by atoms with van der Waals surface area (Å²) in [7, 11) is 0. The Balaban J connectivity index is 2.10. The first-order chi connectivity index (χ1) is 8.89. The van der Waals surface area contributed by atoms with Crippen molar-refractivity contribution in [3.8, 4) is 0 Å². The van der Waals surface area contributed by atoms with Gasteiger partial charge in [-0.25, -0.2) is 0 Å². The molecule has 0 saturated heterocycles. The highest BCUT2D eigenvalue weighted by molar-refractivity contribution is 5.96. The molecule has 0 aliphatic carbocycles. The second kappa shape index (κ2) is 5.33. The van der Waals surface area contributed by atoms with Gasteiger partial charge in [0.25, 0.3) is 5.91 Å². The van der Waals surface area contributed by atoms with E-state index in [1.54, 1.807) is 4.90 Å². The lowest BCUT2D eigenvalue weighted by molar-refractivity contribution is 0.00304. The van der Waals surface area contributed by atoms with Gasteiger partial charge in [-0.05, 0) is 37.3 Å². The highest BCUT2D eigenvalue weighted by Crippen LogP contribution is 2.23. The lowest BCUT2D eigenvalue weighted by Crippen LogP contribution is -2.47. The summed E-state index contributed by atoms with van der Waals surface area (Å²) in [6, 6.07) is 7.75. The Labute approximate surface area is 115 Å². The van der Waals surface area contributed by atoms with E-state index in [-0.39, 0.29) is 5.91 Å². The number of benzene rings is 1. The van der Waals surface area contributed by atoms with Crippen LogP contribution in [-0.2, 0) is 6.42 Å². The van der Waals surface area contributed by atoms with E-state index in [2.05, 4.69) is 13.8 Å². The molecule has 2 rings (SSSR count). The molecule has 1 aromatic rings. The largest absolute Gasteiger partial charge is 0.388 e. The van der Waals surface area contributed by atoms with Gasteiger partial charge in [-0.15, -0.1) is 0 Å². The molecule has 1 unspecified atom stereocenters. The van der Waals surface area contributed by atoms with Gasteiger partial charge in [-0.3, -0.25) is 4.79 Å². The predicted octanol–water partition coefficient (Wildman–Crippen LogP) is 2.48. The van der Waals surface area contributed by atoms with Gasteiger partial charge in [0.2, 0.25) is 0 Å². The van der Waals surface area contributed by atoms with Crippen molar-refractivity contribution in [3.05, 3.63) is 35.4 Å². The van der Waals surface area contributed by atoms with E-state index in [9.17, 15) is 9.90 Å². The molecule has 1 atom stereocenters. The highest BCUT2D eigenvalue weighted by Gasteiger charge is 2.31. The molecule has 1 aliphatic rings. The maximum Gasteiger partial charge on any atom is 0.254 e. The Morgan fingerprint density at radius 2 is 2.05 bits per heavy atom. The topological polar surface area (TPSA) is 40.5 Å². The van der Waals surface area contributed by atoms with Crippen molar-refractivity contribution < 1.29 is 9.90 Å². The Morgan fingerprint density at radius 3 is 2.74 bits per heavy atom. The SMILES string of the molecule is CC(C)CC(C)(O)CN1CCc2ccccc2C1=O. The molecule has 0 radical (unpaired) electrons. The first-order valence-electron chi connectivity index (χ1n) is 6.98. The number of nitrogens with zero attached hydrogens (tertiary/aromatic N) is 1. The summed E-state index contributed by atoms with van der Waals surface area (Å²) in [4.78, 5) is 14.2. The molecule has 1 aromatic carbocycles. The fraction of sp³-hybridized carbons (Fsp3) is 0.562. The zero-order valence-electron chi connectivity index (χ0n) is 12.0. The molecule has 1 aliphatic heterocycles. The van der Waals surface area contributed by atoms with E-state index in [1.807, 2.05) is 31.2 Å². The van der Waals surface area contributed by atoms with Crippen LogP contribution in [0.3, 0.4) is 0 Å². The van der Waals surface area contributed by atoms with Crippen molar-refractivity contribution in [2.45, 2.75) is 39.2 Å². The minimum atomic E-state index is -0.809. The summed E-state index contributed by atoms with van der Waals surface area (Å²) < 4.78 is 0. The van der Waals surface area contributed by atoms with E-state index in [4.69, 9.17) is 0 Å². The summed E-state index contributed by atoms with van der Waals surface area (Å²) in [5.41, 5.74) is 1.09. The first-order valence-corrected chi connectivity index (χ1v) is 6.98. The van der Waals surface area contributed by atoms with Crippen molar-refractivity contribution in [2.24, 2.45) is 5.92 Å². The number of fused-ring (bicyclic) bond motifs is 1. The molecule has 0 saturated carbocycles. The third-order valence-corrected chi connectivity index (χ3v) is 3.57. The normalized spacial score (nSPS) is 18.4. The maximum atomic E-state index is 12.4. The van der Waals surface area contributed by atoms with Crippen LogP contribution < -0.4 is 0 Å². The number of carbonyl (C=O) groups excluding carboxylic acids is 1. The van der Waals surface area contributed by atoms with E-state index in [0.717, 1.165) is 17.5 Å². The fourth-order valence-electron chi connectivity index (χ4n) is 2.98. The predicted molar refractivity (Wildman–Crippen MR) is 76.1 cm³/mol. The van der Waals surface area contributed by atoms with E-state index in [0.29, 0.717) is 25.4 Å². The van der Waals surface area contributed by atoms with Gasteiger partial charge in [-0.2, -0.15) is 0 Å². The molecule has 1 heterocycles. The molecule has 0 spiro atoms. The number of hydrogen-bond acceptors (Lipinski definition) is 2. The third-order valence-electron chi connectivity index (χ3n) is 3.57.